The normalized spacial score (nSPS) is 22.3. The minimum absolute atomic E-state index is 0.0859. The van der Waals surface area contributed by atoms with Gasteiger partial charge in [0.2, 0.25) is 11.8 Å². The number of rotatable bonds is 5. The summed E-state index contributed by atoms with van der Waals surface area (Å²) in [5.41, 5.74) is 0.195. The zero-order chi connectivity index (χ0) is 25.7. The van der Waals surface area contributed by atoms with Gasteiger partial charge in [-0.25, -0.2) is 0 Å². The van der Waals surface area contributed by atoms with Gasteiger partial charge in [-0.2, -0.15) is 8.78 Å². The lowest BCUT2D eigenvalue weighted by molar-refractivity contribution is -0.147. The van der Waals surface area contributed by atoms with E-state index >= 15 is 0 Å². The Hall–Kier alpha value is -3.33. The highest BCUT2D eigenvalue weighted by Crippen LogP contribution is 2.30. The van der Waals surface area contributed by atoms with Gasteiger partial charge >= 0.3 is 5.92 Å². The summed E-state index contributed by atoms with van der Waals surface area (Å²) in [7, 11) is 0. The molecule has 2 aromatic rings. The van der Waals surface area contributed by atoms with Crippen LogP contribution in [0.3, 0.4) is 0 Å². The number of benzene rings is 2. The molecule has 10 heteroatoms. The van der Waals surface area contributed by atoms with Crippen molar-refractivity contribution in [2.24, 2.45) is 0 Å². The Morgan fingerprint density at radius 2 is 2.00 bits per heavy atom. The summed E-state index contributed by atoms with van der Waals surface area (Å²) in [6.07, 6.45) is -0.511. The van der Waals surface area contributed by atoms with Crippen LogP contribution in [-0.2, 0) is 33.4 Å². The minimum Gasteiger partial charge on any atom is -0.346 e. The van der Waals surface area contributed by atoms with Crippen LogP contribution in [0.25, 0.3) is 0 Å². The van der Waals surface area contributed by atoms with Crippen LogP contribution >= 0.6 is 11.6 Å². The predicted molar refractivity (Wildman–Crippen MR) is 110 cm³/mol. The first kappa shape index (κ1) is 18.3. The monoisotopic (exact) mass is 464 g/mol. The second kappa shape index (κ2) is 8.31. The molecule has 2 aliphatic rings. The van der Waals surface area contributed by atoms with E-state index in [1.807, 2.05) is 0 Å². The number of carbonyl (C=O) groups excluding carboxylic acids is 4. The number of piperidine rings is 1. The lowest BCUT2D eigenvalue weighted by atomic mass is 10.0. The zero-order valence-corrected chi connectivity index (χ0v) is 17.2. The van der Waals surface area contributed by atoms with Crippen molar-refractivity contribution in [2.45, 2.75) is 37.9 Å². The lowest BCUT2D eigenvalue weighted by Gasteiger charge is -2.29. The number of halogens is 3. The topological polar surface area (TPSA) is 95.6 Å². The molecule has 2 N–H and O–H groups in total. The summed E-state index contributed by atoms with van der Waals surface area (Å²) in [6, 6.07) is 6.46. The number of imide groups is 1. The molecule has 0 bridgehead atoms. The maximum Gasteiger partial charge on any atom is 0.349 e. The molecule has 4 amide bonds. The van der Waals surface area contributed by atoms with E-state index in [2.05, 4.69) is 0 Å². The zero-order valence-electron chi connectivity index (χ0n) is 19.5. The predicted octanol–water partition coefficient (Wildman–Crippen LogP) is 2.51. The summed E-state index contributed by atoms with van der Waals surface area (Å²) >= 11 is 5.70. The molecule has 4 rings (SSSR count). The summed E-state index contributed by atoms with van der Waals surface area (Å²) in [4.78, 5) is 50.2. The van der Waals surface area contributed by atoms with E-state index in [0.717, 1.165) is 17.0 Å². The molecule has 1 saturated heterocycles. The van der Waals surface area contributed by atoms with E-state index in [-0.39, 0.29) is 46.2 Å². The van der Waals surface area contributed by atoms with Gasteiger partial charge in [0, 0.05) is 35.7 Å². The second-order valence-corrected chi connectivity index (χ2v) is 7.78. The minimum atomic E-state index is -3.96. The molecular weight excluding hydrogens is 444 g/mol. The van der Waals surface area contributed by atoms with Gasteiger partial charge < -0.3 is 10.2 Å². The Morgan fingerprint density at radius 3 is 2.72 bits per heavy atom. The van der Waals surface area contributed by atoms with Crippen LogP contribution in [-0.4, -0.2) is 34.5 Å². The van der Waals surface area contributed by atoms with Gasteiger partial charge in [0.05, 0.1) is 1.37 Å². The van der Waals surface area contributed by atoms with Gasteiger partial charge in [0.1, 0.15) is 6.02 Å². The first-order chi connectivity index (χ1) is 16.4. The van der Waals surface area contributed by atoms with Gasteiger partial charge in [-0.1, -0.05) is 35.9 Å². The Balaban J connectivity index is 1.51. The number of nitrogens with one attached hydrogen (secondary N) is 2. The van der Waals surface area contributed by atoms with Gasteiger partial charge in [0.25, 0.3) is 11.8 Å². The number of nitrogens with zero attached hydrogens (tertiary/aromatic N) is 1. The molecule has 0 aromatic heterocycles. The third-order valence-corrected chi connectivity index (χ3v) is 5.48. The molecule has 7 nitrogen and oxygen atoms in total. The van der Waals surface area contributed by atoms with Crippen LogP contribution < -0.4 is 10.6 Å². The van der Waals surface area contributed by atoms with Gasteiger partial charge in [-0.3, -0.25) is 24.5 Å². The molecule has 0 aliphatic carbocycles. The quantitative estimate of drug-likeness (QED) is 0.665. The van der Waals surface area contributed by atoms with Crippen molar-refractivity contribution in [3.8, 4) is 0 Å². The summed E-state index contributed by atoms with van der Waals surface area (Å²) < 4.78 is 53.1. The average Bonchev–Trinajstić information content (AvgIpc) is 3.16. The van der Waals surface area contributed by atoms with Crippen molar-refractivity contribution < 1.29 is 32.2 Å². The fraction of sp³-hybridized carbons (Fsp3) is 0.273. The molecular formula is C22H18ClF2N3O4. The smallest absolute Gasteiger partial charge is 0.346 e. The summed E-state index contributed by atoms with van der Waals surface area (Å²) in [6.45, 7) is -0.699. The van der Waals surface area contributed by atoms with Crippen LogP contribution in [0.4, 0.5) is 8.78 Å². The van der Waals surface area contributed by atoms with Crippen LogP contribution in [0.5, 0.6) is 0 Å². The van der Waals surface area contributed by atoms with E-state index in [1.54, 1.807) is 0 Å². The highest BCUT2D eigenvalue weighted by atomic mass is 35.5. The largest absolute Gasteiger partial charge is 0.349 e. The van der Waals surface area contributed by atoms with Crippen molar-refractivity contribution >= 4 is 35.2 Å². The third-order valence-electron chi connectivity index (χ3n) is 5.23. The molecule has 1 fully saturated rings. The number of carbonyl (C=O) groups is 4. The summed E-state index contributed by atoms with van der Waals surface area (Å²) in [5, 5.41) is 0.418. The number of fused-ring (bicyclic) bond motifs is 1. The van der Waals surface area contributed by atoms with Crippen molar-refractivity contribution in [1.29, 1.82) is 0 Å². The van der Waals surface area contributed by atoms with Crippen LogP contribution in [0.15, 0.2) is 42.5 Å². The first-order valence-electron chi connectivity index (χ1n) is 11.0. The van der Waals surface area contributed by atoms with Crippen LogP contribution in [0.1, 0.15) is 41.3 Å². The van der Waals surface area contributed by atoms with E-state index < -0.39 is 47.7 Å². The number of alkyl halides is 2. The van der Waals surface area contributed by atoms with E-state index in [4.69, 9.17) is 15.8 Å². The van der Waals surface area contributed by atoms with Crippen molar-refractivity contribution in [3.05, 3.63) is 69.7 Å². The lowest BCUT2D eigenvalue weighted by Crippen LogP contribution is -2.52. The molecule has 2 aliphatic heterocycles. The molecule has 166 valence electrons. The van der Waals surface area contributed by atoms with E-state index in [1.165, 1.54) is 30.3 Å². The Morgan fingerprint density at radius 1 is 1.28 bits per heavy atom. The molecule has 32 heavy (non-hydrogen) atoms. The first-order valence-corrected chi connectivity index (χ1v) is 9.99. The number of amides is 4. The molecule has 0 radical (unpaired) electrons. The number of hydrogen-bond donors (Lipinski definition) is 2. The standard InChI is InChI=1S/C22H18ClF2N3O4/c23-15-4-2-14(3-5-15)22(24,25)21(32)26-10-12-1-6-16-13(9-12)11-28(20(16)31)17-7-8-18(29)27-19(17)30/h1-6,9,17H,7-8,10-11H2,(H,26,32)(H,27,29,30)/i17D/hD2. The molecule has 0 saturated carbocycles. The second-order valence-electron chi connectivity index (χ2n) is 7.34. The molecule has 2 heterocycles. The molecule has 1 unspecified atom stereocenters. The third kappa shape index (κ3) is 4.08. The fourth-order valence-electron chi connectivity index (χ4n) is 3.55. The Kier molecular flexibility index (Phi) is 4.74. The van der Waals surface area contributed by atoms with Crippen molar-refractivity contribution in [3.63, 3.8) is 0 Å². The molecule has 2 aromatic carbocycles. The van der Waals surface area contributed by atoms with Gasteiger partial charge in [0.15, 0.2) is 2.82 Å². The van der Waals surface area contributed by atoms with E-state index in [0.29, 0.717) is 5.56 Å². The van der Waals surface area contributed by atoms with Crippen LogP contribution in [0.2, 0.25) is 7.85 Å². The van der Waals surface area contributed by atoms with Gasteiger partial charge in [-0.05, 0) is 35.7 Å². The van der Waals surface area contributed by atoms with Crippen LogP contribution in [0, 0.1) is 0 Å². The van der Waals surface area contributed by atoms with E-state index in [9.17, 15) is 28.0 Å². The molecule has 1 atom stereocenters. The SMILES string of the molecule is [2H]N(Cc1ccc2c(c1)CN(C1([2H])CCC(=O)N([2H])C1=O)C2=O)C(=O)C(F)(F)c1ccc(Cl)cc1. The summed E-state index contributed by atoms with van der Waals surface area (Å²) in [5.74, 6) is -8.27. The Labute approximate surface area is 191 Å². The average molecular weight is 465 g/mol. The maximum absolute atomic E-state index is 14.6. The maximum atomic E-state index is 14.6. The highest BCUT2D eigenvalue weighted by molar-refractivity contribution is 6.30. The van der Waals surface area contributed by atoms with Crippen molar-refractivity contribution in [2.75, 3.05) is 0 Å². The highest BCUT2D eigenvalue weighted by Gasteiger charge is 2.41. The van der Waals surface area contributed by atoms with Crippen molar-refractivity contribution in [1.82, 2.24) is 15.5 Å². The fourth-order valence-corrected chi connectivity index (χ4v) is 3.68. The Bertz CT molecular complexity index is 1250. The molecule has 0 spiro atoms. The van der Waals surface area contributed by atoms with Gasteiger partial charge in [-0.15, -0.1) is 0 Å². The number of hydrogen-bond acceptors (Lipinski definition) is 4.